The van der Waals surface area contributed by atoms with Crippen molar-refractivity contribution < 1.29 is 9.18 Å². The number of thiol groups is 1. The van der Waals surface area contributed by atoms with E-state index in [1.54, 1.807) is 11.0 Å². The molecule has 1 fully saturated rings. The predicted molar refractivity (Wildman–Crippen MR) is 72.6 cm³/mol. The maximum absolute atomic E-state index is 13.6. The van der Waals surface area contributed by atoms with Crippen LogP contribution in [0.2, 0.25) is 0 Å². The van der Waals surface area contributed by atoms with Gasteiger partial charge in [0.05, 0.1) is 5.56 Å². The van der Waals surface area contributed by atoms with Crippen LogP contribution in [0.1, 0.15) is 36.5 Å². The van der Waals surface area contributed by atoms with Gasteiger partial charge in [-0.25, -0.2) is 4.39 Å². The Labute approximate surface area is 113 Å². The first-order valence-corrected chi connectivity index (χ1v) is 6.84. The first-order chi connectivity index (χ1) is 8.61. The maximum Gasteiger partial charge on any atom is 0.256 e. The topological polar surface area (TPSA) is 20.3 Å². The Bertz CT molecular complexity index is 449. The largest absolute Gasteiger partial charge is 0.338 e. The molecular weight excluding hydrogens is 249 g/mol. The van der Waals surface area contributed by atoms with Crippen molar-refractivity contribution in [3.8, 4) is 0 Å². The molecule has 1 amide bonds. The lowest BCUT2D eigenvalue weighted by atomic mass is 10.0. The Balaban J connectivity index is 2.10. The zero-order valence-corrected chi connectivity index (χ0v) is 11.4. The molecular formula is C14H18FNOS. The first-order valence-electron chi connectivity index (χ1n) is 6.39. The highest BCUT2D eigenvalue weighted by Gasteiger charge is 2.27. The molecule has 4 heteroatoms. The fourth-order valence-electron chi connectivity index (χ4n) is 2.51. The molecule has 98 valence electrons. The van der Waals surface area contributed by atoms with Crippen LogP contribution in [-0.4, -0.2) is 23.9 Å². The van der Waals surface area contributed by atoms with Crippen LogP contribution in [0.15, 0.2) is 23.1 Å². The maximum atomic E-state index is 13.6. The van der Waals surface area contributed by atoms with E-state index in [0.29, 0.717) is 10.8 Å². The molecule has 0 aromatic heterocycles. The molecule has 1 aromatic carbocycles. The zero-order chi connectivity index (χ0) is 13.1. The van der Waals surface area contributed by atoms with Gasteiger partial charge in [0.2, 0.25) is 0 Å². The number of likely N-dealkylation sites (tertiary alicyclic amines) is 1. The van der Waals surface area contributed by atoms with Crippen LogP contribution in [0.25, 0.3) is 0 Å². The van der Waals surface area contributed by atoms with E-state index in [-0.39, 0.29) is 11.5 Å². The summed E-state index contributed by atoms with van der Waals surface area (Å²) in [6.07, 6.45) is 3.30. The average molecular weight is 267 g/mol. The molecule has 1 saturated heterocycles. The van der Waals surface area contributed by atoms with Crippen LogP contribution in [-0.2, 0) is 0 Å². The van der Waals surface area contributed by atoms with Gasteiger partial charge in [-0.2, -0.15) is 0 Å². The Hall–Kier alpha value is -1.03. The van der Waals surface area contributed by atoms with E-state index in [1.165, 1.54) is 12.1 Å². The van der Waals surface area contributed by atoms with Gasteiger partial charge in [-0.05, 0) is 37.0 Å². The second-order valence-corrected chi connectivity index (χ2v) is 5.38. The summed E-state index contributed by atoms with van der Waals surface area (Å²) in [5, 5.41) is 0. The molecule has 0 saturated carbocycles. The molecule has 1 atom stereocenters. The van der Waals surface area contributed by atoms with Crippen molar-refractivity contribution in [1.82, 2.24) is 4.90 Å². The van der Waals surface area contributed by atoms with Crippen LogP contribution in [0.4, 0.5) is 4.39 Å². The van der Waals surface area contributed by atoms with E-state index in [9.17, 15) is 9.18 Å². The predicted octanol–water partition coefficient (Wildman–Crippen LogP) is 3.38. The fraction of sp³-hybridized carbons (Fsp3) is 0.500. The SMILES string of the molecule is CCCC1CCN(C(=O)c2cc(S)ccc2F)C1. The molecule has 0 spiro atoms. The van der Waals surface area contributed by atoms with Crippen molar-refractivity contribution in [2.45, 2.75) is 31.1 Å². The van der Waals surface area contributed by atoms with Crippen molar-refractivity contribution in [1.29, 1.82) is 0 Å². The van der Waals surface area contributed by atoms with E-state index in [1.807, 2.05) is 0 Å². The minimum Gasteiger partial charge on any atom is -0.338 e. The first kappa shape index (κ1) is 13.4. The minimum absolute atomic E-state index is 0.139. The summed E-state index contributed by atoms with van der Waals surface area (Å²) in [6.45, 7) is 3.64. The van der Waals surface area contributed by atoms with Gasteiger partial charge in [0.25, 0.3) is 5.91 Å². The van der Waals surface area contributed by atoms with E-state index in [0.717, 1.165) is 32.4 Å². The third-order valence-electron chi connectivity index (χ3n) is 3.45. The van der Waals surface area contributed by atoms with Crippen LogP contribution in [0.5, 0.6) is 0 Å². The van der Waals surface area contributed by atoms with Gasteiger partial charge < -0.3 is 4.90 Å². The molecule has 0 N–H and O–H groups in total. The highest BCUT2D eigenvalue weighted by Crippen LogP contribution is 2.24. The van der Waals surface area contributed by atoms with Gasteiger partial charge in [-0.1, -0.05) is 13.3 Å². The number of rotatable bonds is 3. The summed E-state index contributed by atoms with van der Waals surface area (Å²) < 4.78 is 13.6. The Morgan fingerprint density at radius 3 is 3.06 bits per heavy atom. The van der Waals surface area contributed by atoms with Crippen LogP contribution in [0, 0.1) is 11.7 Å². The van der Waals surface area contributed by atoms with Crippen molar-refractivity contribution >= 4 is 18.5 Å². The van der Waals surface area contributed by atoms with Gasteiger partial charge in [-0.15, -0.1) is 12.6 Å². The van der Waals surface area contributed by atoms with E-state index < -0.39 is 5.82 Å². The zero-order valence-electron chi connectivity index (χ0n) is 10.5. The summed E-state index contributed by atoms with van der Waals surface area (Å²) in [5.41, 5.74) is 0.139. The van der Waals surface area contributed by atoms with Crippen LogP contribution in [0.3, 0.4) is 0 Å². The normalized spacial score (nSPS) is 19.3. The molecule has 2 rings (SSSR count). The summed E-state index contributed by atoms with van der Waals surface area (Å²) in [6, 6.07) is 4.36. The summed E-state index contributed by atoms with van der Waals surface area (Å²) in [4.78, 5) is 14.6. The second-order valence-electron chi connectivity index (χ2n) is 4.86. The standard InChI is InChI=1S/C14H18FNOS/c1-2-3-10-6-7-16(9-10)14(17)12-8-11(18)4-5-13(12)15/h4-5,8,10,18H,2-3,6-7,9H2,1H3. The Kier molecular flexibility index (Phi) is 4.27. The van der Waals surface area contributed by atoms with Crippen molar-refractivity contribution in [2.24, 2.45) is 5.92 Å². The number of carbonyl (C=O) groups is 1. The number of halogens is 1. The van der Waals surface area contributed by atoms with Gasteiger partial charge in [0.1, 0.15) is 5.82 Å². The number of benzene rings is 1. The molecule has 18 heavy (non-hydrogen) atoms. The number of hydrogen-bond donors (Lipinski definition) is 1. The van der Waals surface area contributed by atoms with Crippen LogP contribution < -0.4 is 0 Å². The highest BCUT2D eigenvalue weighted by molar-refractivity contribution is 7.80. The summed E-state index contributed by atoms with van der Waals surface area (Å²) in [5.74, 6) is -0.0973. The van der Waals surface area contributed by atoms with E-state index in [2.05, 4.69) is 19.6 Å². The van der Waals surface area contributed by atoms with Crippen molar-refractivity contribution in [3.05, 3.63) is 29.6 Å². The van der Waals surface area contributed by atoms with Gasteiger partial charge in [0.15, 0.2) is 0 Å². The quantitative estimate of drug-likeness (QED) is 0.832. The molecule has 0 aliphatic carbocycles. The number of carbonyl (C=O) groups excluding carboxylic acids is 1. The van der Waals surface area contributed by atoms with Gasteiger partial charge >= 0.3 is 0 Å². The van der Waals surface area contributed by atoms with Crippen molar-refractivity contribution in [3.63, 3.8) is 0 Å². The minimum atomic E-state index is -0.461. The number of hydrogen-bond acceptors (Lipinski definition) is 2. The Morgan fingerprint density at radius 2 is 2.33 bits per heavy atom. The smallest absolute Gasteiger partial charge is 0.256 e. The lowest BCUT2D eigenvalue weighted by Crippen LogP contribution is -2.29. The third kappa shape index (κ3) is 2.86. The molecule has 1 aromatic rings. The molecule has 0 bridgehead atoms. The second kappa shape index (κ2) is 5.74. The van der Waals surface area contributed by atoms with Crippen LogP contribution >= 0.6 is 12.6 Å². The molecule has 0 radical (unpaired) electrons. The molecule has 1 aliphatic heterocycles. The number of nitrogens with zero attached hydrogens (tertiary/aromatic N) is 1. The highest BCUT2D eigenvalue weighted by atomic mass is 32.1. The lowest BCUT2D eigenvalue weighted by Gasteiger charge is -2.17. The van der Waals surface area contributed by atoms with E-state index >= 15 is 0 Å². The fourth-order valence-corrected chi connectivity index (χ4v) is 2.71. The average Bonchev–Trinajstić information content (AvgIpc) is 2.80. The summed E-state index contributed by atoms with van der Waals surface area (Å²) >= 11 is 4.15. The summed E-state index contributed by atoms with van der Waals surface area (Å²) in [7, 11) is 0. The molecule has 1 unspecified atom stereocenters. The molecule has 1 heterocycles. The molecule has 1 aliphatic rings. The van der Waals surface area contributed by atoms with Gasteiger partial charge in [0, 0.05) is 18.0 Å². The van der Waals surface area contributed by atoms with Gasteiger partial charge in [-0.3, -0.25) is 4.79 Å². The number of amides is 1. The lowest BCUT2D eigenvalue weighted by molar-refractivity contribution is 0.0781. The Morgan fingerprint density at radius 1 is 1.56 bits per heavy atom. The van der Waals surface area contributed by atoms with E-state index in [4.69, 9.17) is 0 Å². The molecule has 2 nitrogen and oxygen atoms in total. The monoisotopic (exact) mass is 267 g/mol. The third-order valence-corrected chi connectivity index (χ3v) is 3.73. The van der Waals surface area contributed by atoms with Crippen molar-refractivity contribution in [2.75, 3.05) is 13.1 Å².